The van der Waals surface area contributed by atoms with Crippen molar-refractivity contribution in [1.29, 1.82) is 0 Å². The molecule has 3 nitrogen and oxygen atoms in total. The standard InChI is InChI=1S/C6H7IO3/c1-4-5(2-3-7)10-6(8)9-4/h2-3H2,1H3. The van der Waals surface area contributed by atoms with E-state index in [1.165, 1.54) is 0 Å². The van der Waals surface area contributed by atoms with Crippen molar-refractivity contribution in [2.45, 2.75) is 13.3 Å². The van der Waals surface area contributed by atoms with Gasteiger partial charge in [0.05, 0.1) is 0 Å². The van der Waals surface area contributed by atoms with Crippen LogP contribution in [0.25, 0.3) is 0 Å². The third-order valence-electron chi connectivity index (χ3n) is 1.16. The smallest absolute Gasteiger partial charge is 0.396 e. The van der Waals surface area contributed by atoms with Crippen molar-refractivity contribution in [1.82, 2.24) is 0 Å². The predicted octanol–water partition coefficient (Wildman–Crippen LogP) is 1.52. The summed E-state index contributed by atoms with van der Waals surface area (Å²) in [5.41, 5.74) is 0. The Balaban J connectivity index is 2.92. The van der Waals surface area contributed by atoms with Crippen LogP contribution in [0.1, 0.15) is 11.5 Å². The molecule has 0 aromatic carbocycles. The summed E-state index contributed by atoms with van der Waals surface area (Å²) in [4.78, 5) is 10.5. The molecule has 0 unspecified atom stereocenters. The molecule has 0 spiro atoms. The largest absolute Gasteiger partial charge is 0.519 e. The van der Waals surface area contributed by atoms with E-state index in [0.717, 1.165) is 10.8 Å². The van der Waals surface area contributed by atoms with Crippen LogP contribution in [0.5, 0.6) is 0 Å². The summed E-state index contributed by atoms with van der Waals surface area (Å²) >= 11 is 2.21. The highest BCUT2D eigenvalue weighted by atomic mass is 127. The molecule has 10 heavy (non-hydrogen) atoms. The molecular weight excluding hydrogens is 247 g/mol. The quantitative estimate of drug-likeness (QED) is 0.593. The van der Waals surface area contributed by atoms with Gasteiger partial charge in [-0.05, 0) is 6.92 Å². The van der Waals surface area contributed by atoms with Crippen LogP contribution in [0.4, 0.5) is 0 Å². The first-order valence-electron chi connectivity index (χ1n) is 2.89. The molecule has 0 saturated heterocycles. The molecule has 0 bridgehead atoms. The highest BCUT2D eigenvalue weighted by Gasteiger charge is 2.05. The zero-order valence-electron chi connectivity index (χ0n) is 5.52. The minimum absolute atomic E-state index is 0.599. The molecule has 0 aliphatic heterocycles. The van der Waals surface area contributed by atoms with E-state index in [9.17, 15) is 4.79 Å². The summed E-state index contributed by atoms with van der Waals surface area (Å²) < 4.78 is 10.3. The number of hydrogen-bond donors (Lipinski definition) is 0. The minimum atomic E-state index is -0.600. The molecule has 1 rings (SSSR count). The van der Waals surface area contributed by atoms with Crippen LogP contribution in [0.2, 0.25) is 0 Å². The van der Waals surface area contributed by atoms with Crippen molar-refractivity contribution in [2.24, 2.45) is 0 Å². The predicted molar refractivity (Wildman–Crippen MR) is 44.6 cm³/mol. The number of hydrogen-bond acceptors (Lipinski definition) is 3. The SMILES string of the molecule is Cc1oc(=O)oc1CCI. The Morgan fingerprint density at radius 3 is 2.60 bits per heavy atom. The van der Waals surface area contributed by atoms with Crippen LogP contribution in [0.3, 0.4) is 0 Å². The summed E-state index contributed by atoms with van der Waals surface area (Å²) in [6.07, 6.45) is 0.762. The Morgan fingerprint density at radius 2 is 2.20 bits per heavy atom. The zero-order chi connectivity index (χ0) is 7.56. The minimum Gasteiger partial charge on any atom is -0.396 e. The van der Waals surface area contributed by atoms with E-state index in [0.29, 0.717) is 11.5 Å². The second-order valence-corrected chi connectivity index (χ2v) is 2.95. The number of rotatable bonds is 2. The van der Waals surface area contributed by atoms with E-state index in [2.05, 4.69) is 27.0 Å². The average molecular weight is 254 g/mol. The van der Waals surface area contributed by atoms with E-state index < -0.39 is 5.82 Å². The molecule has 4 heteroatoms. The van der Waals surface area contributed by atoms with Crippen molar-refractivity contribution >= 4 is 22.6 Å². The van der Waals surface area contributed by atoms with Crippen LogP contribution in [0.15, 0.2) is 13.6 Å². The Morgan fingerprint density at radius 1 is 1.50 bits per heavy atom. The molecule has 0 N–H and O–H groups in total. The number of aryl methyl sites for hydroxylation is 2. The molecule has 0 fully saturated rings. The fourth-order valence-corrected chi connectivity index (χ4v) is 1.18. The summed E-state index contributed by atoms with van der Waals surface area (Å²) in [6.45, 7) is 1.73. The molecule has 1 heterocycles. The van der Waals surface area contributed by atoms with E-state index in [-0.39, 0.29) is 0 Å². The highest BCUT2D eigenvalue weighted by molar-refractivity contribution is 14.1. The molecule has 1 aromatic heterocycles. The lowest BCUT2D eigenvalue weighted by atomic mass is 10.3. The summed E-state index contributed by atoms with van der Waals surface area (Å²) in [5, 5.41) is 0. The van der Waals surface area contributed by atoms with Gasteiger partial charge in [-0.25, -0.2) is 4.79 Å². The second-order valence-electron chi connectivity index (χ2n) is 1.87. The molecule has 1 aromatic rings. The maximum atomic E-state index is 10.5. The molecule has 0 amide bonds. The van der Waals surface area contributed by atoms with Gasteiger partial charge in [0, 0.05) is 10.8 Å². The summed E-state index contributed by atoms with van der Waals surface area (Å²) in [5.74, 6) is 0.665. The van der Waals surface area contributed by atoms with Gasteiger partial charge in [0.2, 0.25) is 0 Å². The zero-order valence-corrected chi connectivity index (χ0v) is 7.67. The van der Waals surface area contributed by atoms with Crippen LogP contribution in [-0.4, -0.2) is 4.43 Å². The molecule has 0 saturated carbocycles. The fraction of sp³-hybridized carbons (Fsp3) is 0.500. The van der Waals surface area contributed by atoms with E-state index >= 15 is 0 Å². The third-order valence-corrected chi connectivity index (χ3v) is 1.70. The first-order valence-corrected chi connectivity index (χ1v) is 4.42. The Labute approximate surface area is 71.5 Å². The lowest BCUT2D eigenvalue weighted by molar-refractivity contribution is 0.370. The van der Waals surface area contributed by atoms with Gasteiger partial charge in [0.1, 0.15) is 5.76 Å². The lowest BCUT2D eigenvalue weighted by Crippen LogP contribution is -1.87. The topological polar surface area (TPSA) is 43.4 Å². The van der Waals surface area contributed by atoms with Crippen molar-refractivity contribution in [3.8, 4) is 0 Å². The van der Waals surface area contributed by atoms with Crippen LogP contribution >= 0.6 is 22.6 Å². The Bertz CT molecular complexity index is 260. The van der Waals surface area contributed by atoms with Crippen molar-refractivity contribution < 1.29 is 8.83 Å². The van der Waals surface area contributed by atoms with E-state index in [1.807, 2.05) is 0 Å². The Kier molecular flexibility index (Phi) is 2.53. The number of halogens is 1. The van der Waals surface area contributed by atoms with Gasteiger partial charge in [-0.1, -0.05) is 22.6 Å². The van der Waals surface area contributed by atoms with Gasteiger partial charge in [-0.15, -0.1) is 0 Å². The maximum Gasteiger partial charge on any atom is 0.519 e. The molecule has 0 aliphatic rings. The van der Waals surface area contributed by atoms with Gasteiger partial charge in [0.15, 0.2) is 5.76 Å². The lowest BCUT2D eigenvalue weighted by Gasteiger charge is -1.86. The summed E-state index contributed by atoms with van der Waals surface area (Å²) in [7, 11) is 0. The third kappa shape index (κ3) is 1.62. The number of alkyl halides is 1. The van der Waals surface area contributed by atoms with Gasteiger partial charge < -0.3 is 8.83 Å². The normalized spacial score (nSPS) is 10.2. The van der Waals surface area contributed by atoms with Gasteiger partial charge >= 0.3 is 5.82 Å². The van der Waals surface area contributed by atoms with Crippen molar-refractivity contribution in [2.75, 3.05) is 4.43 Å². The van der Waals surface area contributed by atoms with Crippen LogP contribution in [0, 0.1) is 6.92 Å². The molecule has 56 valence electrons. The Hall–Kier alpha value is -0.260. The second kappa shape index (κ2) is 3.23. The van der Waals surface area contributed by atoms with Gasteiger partial charge in [0.25, 0.3) is 0 Å². The van der Waals surface area contributed by atoms with Crippen LogP contribution in [-0.2, 0) is 6.42 Å². The first-order chi connectivity index (χ1) is 4.74. The molecule has 0 atom stereocenters. The van der Waals surface area contributed by atoms with Crippen LogP contribution < -0.4 is 5.82 Å². The van der Waals surface area contributed by atoms with E-state index in [4.69, 9.17) is 4.42 Å². The van der Waals surface area contributed by atoms with Crippen molar-refractivity contribution in [3.05, 3.63) is 22.1 Å². The summed E-state index contributed by atoms with van der Waals surface area (Å²) in [6, 6.07) is 0. The molecular formula is C6H7IO3. The first kappa shape index (κ1) is 7.84. The van der Waals surface area contributed by atoms with Crippen molar-refractivity contribution in [3.63, 3.8) is 0 Å². The average Bonchev–Trinajstić information content (AvgIpc) is 2.13. The molecule has 0 radical (unpaired) electrons. The van der Waals surface area contributed by atoms with Gasteiger partial charge in [-0.2, -0.15) is 0 Å². The van der Waals surface area contributed by atoms with E-state index in [1.54, 1.807) is 6.92 Å². The van der Waals surface area contributed by atoms with Gasteiger partial charge in [-0.3, -0.25) is 0 Å². The molecule has 0 aliphatic carbocycles. The fourth-order valence-electron chi connectivity index (χ4n) is 0.688. The monoisotopic (exact) mass is 254 g/mol. The highest BCUT2D eigenvalue weighted by Crippen LogP contribution is 2.06. The maximum absolute atomic E-state index is 10.5.